The summed E-state index contributed by atoms with van der Waals surface area (Å²) < 4.78 is 27.5. The first kappa shape index (κ1) is 15.0. The van der Waals surface area contributed by atoms with Crippen molar-refractivity contribution in [1.29, 1.82) is 0 Å². The zero-order valence-electron chi connectivity index (χ0n) is 12.5. The molecule has 1 N–H and O–H groups in total. The Bertz CT molecular complexity index is 632. The molecule has 124 valence electrons. The summed E-state index contributed by atoms with van der Waals surface area (Å²) in [5, 5.41) is 0. The number of carbonyl (C=O) groups excluding carboxylic acids is 1. The van der Waals surface area contributed by atoms with E-state index in [2.05, 4.69) is 17.5 Å². The zero-order valence-corrected chi connectivity index (χ0v) is 13.4. The van der Waals surface area contributed by atoms with Gasteiger partial charge >= 0.3 is 6.09 Å². The van der Waals surface area contributed by atoms with Gasteiger partial charge < -0.3 is 14.4 Å². The van der Waals surface area contributed by atoms with E-state index in [0.717, 1.165) is 26.3 Å². The molecule has 3 saturated heterocycles. The minimum atomic E-state index is -0.458. The SMILES string of the molecule is O=C1OC(CNS)CN1c1ccc(N2CC3(COC3)C2)c(F)c1. The second-order valence-electron chi connectivity index (χ2n) is 6.46. The van der Waals surface area contributed by atoms with Crippen LogP contribution in [0.4, 0.5) is 20.6 Å². The standard InChI is InChI=1S/C15H18FN3O3S/c16-12-3-10(19-5-11(4-17-23)22-14(19)20)1-2-13(12)18-6-15(7-18)8-21-9-15/h1-3,11,17,23H,4-9H2. The Hall–Kier alpha value is -1.51. The Labute approximate surface area is 139 Å². The lowest BCUT2D eigenvalue weighted by molar-refractivity contribution is -0.127. The number of hydrogen-bond acceptors (Lipinski definition) is 6. The lowest BCUT2D eigenvalue weighted by Gasteiger charge is -2.56. The number of cyclic esters (lactones) is 1. The molecule has 0 radical (unpaired) electrons. The first-order chi connectivity index (χ1) is 11.1. The van der Waals surface area contributed by atoms with Crippen molar-refractivity contribution in [1.82, 2.24) is 4.72 Å². The van der Waals surface area contributed by atoms with Gasteiger partial charge in [-0.2, -0.15) is 0 Å². The van der Waals surface area contributed by atoms with Gasteiger partial charge in [-0.05, 0) is 18.2 Å². The van der Waals surface area contributed by atoms with Gasteiger partial charge in [-0.1, -0.05) is 12.8 Å². The number of nitrogens with one attached hydrogen (secondary N) is 1. The van der Waals surface area contributed by atoms with Crippen molar-refractivity contribution in [2.24, 2.45) is 5.41 Å². The van der Waals surface area contributed by atoms with Crippen molar-refractivity contribution in [3.05, 3.63) is 24.0 Å². The monoisotopic (exact) mass is 339 g/mol. The van der Waals surface area contributed by atoms with Crippen LogP contribution in [-0.4, -0.2) is 51.6 Å². The highest BCUT2D eigenvalue weighted by molar-refractivity contribution is 7.78. The minimum Gasteiger partial charge on any atom is -0.443 e. The number of carbonyl (C=O) groups is 1. The van der Waals surface area contributed by atoms with Crippen LogP contribution in [-0.2, 0) is 9.47 Å². The van der Waals surface area contributed by atoms with Crippen molar-refractivity contribution >= 4 is 30.3 Å². The van der Waals surface area contributed by atoms with Gasteiger partial charge in [0.05, 0.1) is 36.5 Å². The molecule has 3 fully saturated rings. The van der Waals surface area contributed by atoms with E-state index >= 15 is 0 Å². The van der Waals surface area contributed by atoms with Crippen LogP contribution in [0.25, 0.3) is 0 Å². The first-order valence-corrected chi connectivity index (χ1v) is 8.02. The maximum Gasteiger partial charge on any atom is 0.414 e. The minimum absolute atomic E-state index is 0.233. The normalized spacial score (nSPS) is 25.3. The molecule has 1 unspecified atom stereocenters. The molecule has 0 aliphatic carbocycles. The second-order valence-corrected chi connectivity index (χ2v) is 6.78. The second kappa shape index (κ2) is 5.54. The van der Waals surface area contributed by atoms with Gasteiger partial charge in [0.1, 0.15) is 11.9 Å². The Kier molecular flexibility index (Phi) is 3.62. The van der Waals surface area contributed by atoms with Gasteiger partial charge in [0.2, 0.25) is 0 Å². The number of hydrogen-bond donors (Lipinski definition) is 2. The highest BCUT2D eigenvalue weighted by atomic mass is 32.1. The predicted octanol–water partition coefficient (Wildman–Crippen LogP) is 1.42. The van der Waals surface area contributed by atoms with Crippen LogP contribution in [0.15, 0.2) is 18.2 Å². The van der Waals surface area contributed by atoms with Crippen molar-refractivity contribution in [2.45, 2.75) is 6.10 Å². The van der Waals surface area contributed by atoms with Crippen LogP contribution < -0.4 is 14.5 Å². The van der Waals surface area contributed by atoms with Crippen molar-refractivity contribution < 1.29 is 18.7 Å². The van der Waals surface area contributed by atoms with Crippen LogP contribution in [0.3, 0.4) is 0 Å². The fourth-order valence-electron chi connectivity index (χ4n) is 3.37. The third-order valence-electron chi connectivity index (χ3n) is 4.65. The Morgan fingerprint density at radius 2 is 2.17 bits per heavy atom. The Balaban J connectivity index is 1.47. The molecule has 3 aliphatic heterocycles. The predicted molar refractivity (Wildman–Crippen MR) is 86.5 cm³/mol. The van der Waals surface area contributed by atoms with E-state index < -0.39 is 6.09 Å². The third kappa shape index (κ3) is 2.54. The number of ether oxygens (including phenoxy) is 2. The summed E-state index contributed by atoms with van der Waals surface area (Å²) in [7, 11) is 0. The van der Waals surface area contributed by atoms with E-state index in [1.54, 1.807) is 12.1 Å². The summed E-state index contributed by atoms with van der Waals surface area (Å²) >= 11 is 3.90. The number of anilines is 2. The number of rotatable bonds is 4. The molecule has 1 aromatic rings. The molecule has 0 bridgehead atoms. The smallest absolute Gasteiger partial charge is 0.414 e. The summed E-state index contributed by atoms with van der Waals surface area (Å²) in [4.78, 5) is 15.3. The van der Waals surface area contributed by atoms with Gasteiger partial charge in [0, 0.05) is 19.6 Å². The van der Waals surface area contributed by atoms with Crippen LogP contribution >= 0.6 is 12.8 Å². The quantitative estimate of drug-likeness (QED) is 0.813. The van der Waals surface area contributed by atoms with Crippen LogP contribution in [0.2, 0.25) is 0 Å². The Morgan fingerprint density at radius 1 is 1.39 bits per heavy atom. The lowest BCUT2D eigenvalue weighted by Crippen LogP contribution is -2.66. The molecule has 1 atom stereocenters. The molecule has 1 amide bonds. The number of benzene rings is 1. The fraction of sp³-hybridized carbons (Fsp3) is 0.533. The maximum atomic E-state index is 14.4. The molecule has 8 heteroatoms. The molecule has 1 spiro atoms. The van der Waals surface area contributed by atoms with E-state index in [4.69, 9.17) is 9.47 Å². The molecule has 23 heavy (non-hydrogen) atoms. The van der Waals surface area contributed by atoms with Gasteiger partial charge in [0.25, 0.3) is 0 Å². The summed E-state index contributed by atoms with van der Waals surface area (Å²) in [6, 6.07) is 4.89. The largest absolute Gasteiger partial charge is 0.443 e. The molecule has 6 nitrogen and oxygen atoms in total. The van der Waals surface area contributed by atoms with Gasteiger partial charge in [0.15, 0.2) is 0 Å². The maximum absolute atomic E-state index is 14.4. The highest BCUT2D eigenvalue weighted by Crippen LogP contribution is 2.41. The fourth-order valence-corrected chi connectivity index (χ4v) is 3.57. The van der Waals surface area contributed by atoms with Crippen molar-refractivity contribution in [3.63, 3.8) is 0 Å². The van der Waals surface area contributed by atoms with E-state index in [1.807, 2.05) is 4.90 Å². The van der Waals surface area contributed by atoms with E-state index in [1.165, 1.54) is 11.0 Å². The summed E-state index contributed by atoms with van der Waals surface area (Å²) in [5.41, 5.74) is 1.32. The van der Waals surface area contributed by atoms with E-state index in [-0.39, 0.29) is 17.3 Å². The van der Waals surface area contributed by atoms with Crippen LogP contribution in [0, 0.1) is 11.2 Å². The molecule has 1 aromatic carbocycles. The van der Waals surface area contributed by atoms with Crippen LogP contribution in [0.1, 0.15) is 0 Å². The molecular formula is C15H18FN3O3S. The lowest BCUT2D eigenvalue weighted by atomic mass is 9.78. The number of nitrogens with zero attached hydrogens (tertiary/aromatic N) is 2. The van der Waals surface area contributed by atoms with E-state index in [9.17, 15) is 9.18 Å². The topological polar surface area (TPSA) is 54.0 Å². The third-order valence-corrected chi connectivity index (χ3v) is 4.83. The molecule has 0 saturated carbocycles. The molecule has 3 heterocycles. The highest BCUT2D eigenvalue weighted by Gasteiger charge is 2.49. The number of halogens is 1. The van der Waals surface area contributed by atoms with Gasteiger partial charge in [-0.15, -0.1) is 0 Å². The van der Waals surface area contributed by atoms with Crippen molar-refractivity contribution in [3.8, 4) is 0 Å². The van der Waals surface area contributed by atoms with Gasteiger partial charge in [-0.3, -0.25) is 9.62 Å². The average molecular weight is 339 g/mol. The summed E-state index contributed by atoms with van der Waals surface area (Å²) in [6.07, 6.45) is -0.739. The molecule has 0 aromatic heterocycles. The summed E-state index contributed by atoms with van der Waals surface area (Å²) in [6.45, 7) is 4.02. The van der Waals surface area contributed by atoms with Gasteiger partial charge in [-0.25, -0.2) is 9.18 Å². The summed E-state index contributed by atoms with van der Waals surface area (Å²) in [5.74, 6) is -0.318. The zero-order chi connectivity index (χ0) is 16.0. The molecular weight excluding hydrogens is 321 g/mol. The van der Waals surface area contributed by atoms with Crippen LogP contribution in [0.5, 0.6) is 0 Å². The number of amides is 1. The van der Waals surface area contributed by atoms with E-state index in [0.29, 0.717) is 24.5 Å². The molecule has 3 aliphatic rings. The number of thiol groups is 1. The average Bonchev–Trinajstić information content (AvgIpc) is 2.78. The Morgan fingerprint density at radius 3 is 2.78 bits per heavy atom. The molecule has 4 rings (SSSR count). The first-order valence-electron chi connectivity index (χ1n) is 7.58. The van der Waals surface area contributed by atoms with Crippen molar-refractivity contribution in [2.75, 3.05) is 49.2 Å².